The van der Waals surface area contributed by atoms with Crippen LogP contribution in [0.4, 0.5) is 11.6 Å². The largest absolute Gasteiger partial charge is 0.326 e. The first-order chi connectivity index (χ1) is 12.4. The fraction of sp³-hybridized carbons (Fsp3) is 0.435. The molecule has 0 unspecified atom stereocenters. The molecule has 1 aliphatic rings. The van der Waals surface area contributed by atoms with E-state index in [4.69, 9.17) is 4.98 Å². The second-order valence-electron chi connectivity index (χ2n) is 8.85. The van der Waals surface area contributed by atoms with E-state index < -0.39 is 0 Å². The molecule has 0 saturated heterocycles. The molecule has 1 saturated carbocycles. The molecule has 0 bridgehead atoms. The van der Waals surface area contributed by atoms with Gasteiger partial charge in [-0.3, -0.25) is 0 Å². The Bertz CT molecular complexity index is 905. The average Bonchev–Trinajstić information content (AvgIpc) is 2.93. The molecular weight excluding hydrogens is 318 g/mol. The number of para-hydroxylation sites is 2. The molecule has 1 N–H and O–H groups in total. The van der Waals surface area contributed by atoms with E-state index >= 15 is 0 Å². The maximum atomic E-state index is 4.93. The summed E-state index contributed by atoms with van der Waals surface area (Å²) in [5.41, 5.74) is 5.03. The lowest BCUT2D eigenvalue weighted by Gasteiger charge is -2.40. The van der Waals surface area contributed by atoms with Crippen LogP contribution in [0.3, 0.4) is 0 Å². The molecule has 2 aromatic carbocycles. The Morgan fingerprint density at radius 2 is 1.77 bits per heavy atom. The van der Waals surface area contributed by atoms with Crippen molar-refractivity contribution < 1.29 is 0 Å². The van der Waals surface area contributed by atoms with Crippen molar-refractivity contribution in [2.75, 3.05) is 5.32 Å². The molecule has 0 amide bonds. The van der Waals surface area contributed by atoms with Crippen LogP contribution in [0.1, 0.15) is 51.6 Å². The Hall–Kier alpha value is -2.29. The van der Waals surface area contributed by atoms with Crippen LogP contribution < -0.4 is 5.32 Å². The number of anilines is 2. The molecule has 0 aliphatic heterocycles. The number of aromatic nitrogens is 2. The summed E-state index contributed by atoms with van der Waals surface area (Å²) in [5, 5.41) is 3.58. The van der Waals surface area contributed by atoms with Crippen molar-refractivity contribution in [2.24, 2.45) is 11.3 Å². The van der Waals surface area contributed by atoms with Crippen LogP contribution in [0.15, 0.2) is 48.5 Å². The minimum atomic E-state index is 0.370. The smallest absolute Gasteiger partial charge is 0.208 e. The van der Waals surface area contributed by atoms with Gasteiger partial charge in [0.1, 0.15) is 0 Å². The van der Waals surface area contributed by atoms with E-state index in [1.807, 2.05) is 0 Å². The maximum absolute atomic E-state index is 4.93. The van der Waals surface area contributed by atoms with Gasteiger partial charge in [-0.15, -0.1) is 0 Å². The Morgan fingerprint density at radius 1 is 1.04 bits per heavy atom. The summed E-state index contributed by atoms with van der Waals surface area (Å²) in [4.78, 5) is 4.93. The molecule has 3 nitrogen and oxygen atoms in total. The number of imidazole rings is 1. The topological polar surface area (TPSA) is 29.9 Å². The molecule has 0 radical (unpaired) electrons. The van der Waals surface area contributed by atoms with E-state index in [-0.39, 0.29) is 0 Å². The van der Waals surface area contributed by atoms with E-state index in [0.29, 0.717) is 11.5 Å². The Balaban J connectivity index is 1.77. The van der Waals surface area contributed by atoms with Gasteiger partial charge in [0.2, 0.25) is 5.95 Å². The minimum Gasteiger partial charge on any atom is -0.326 e. The van der Waals surface area contributed by atoms with Gasteiger partial charge >= 0.3 is 0 Å². The van der Waals surface area contributed by atoms with E-state index in [1.54, 1.807) is 0 Å². The molecule has 2 atom stereocenters. The predicted octanol–water partition coefficient (Wildman–Crippen LogP) is 6.48. The Morgan fingerprint density at radius 3 is 2.50 bits per heavy atom. The third kappa shape index (κ3) is 3.35. The third-order valence-corrected chi connectivity index (χ3v) is 5.63. The summed E-state index contributed by atoms with van der Waals surface area (Å²) in [5.74, 6) is 1.70. The first kappa shape index (κ1) is 17.1. The third-order valence-electron chi connectivity index (χ3n) is 5.63. The second-order valence-corrected chi connectivity index (χ2v) is 8.85. The van der Waals surface area contributed by atoms with Crippen LogP contribution in [-0.2, 0) is 0 Å². The highest BCUT2D eigenvalue weighted by molar-refractivity contribution is 5.80. The van der Waals surface area contributed by atoms with E-state index in [0.717, 1.165) is 23.1 Å². The van der Waals surface area contributed by atoms with Gasteiger partial charge in [0.05, 0.1) is 11.0 Å². The van der Waals surface area contributed by atoms with Crippen molar-refractivity contribution in [3.05, 3.63) is 54.1 Å². The van der Waals surface area contributed by atoms with Crippen molar-refractivity contribution in [3.63, 3.8) is 0 Å². The van der Waals surface area contributed by atoms with Crippen LogP contribution in [0, 0.1) is 18.3 Å². The number of hydrogen-bond acceptors (Lipinski definition) is 2. The van der Waals surface area contributed by atoms with Gasteiger partial charge in [-0.2, -0.15) is 0 Å². The van der Waals surface area contributed by atoms with Crippen molar-refractivity contribution in [1.82, 2.24) is 9.55 Å². The number of nitrogens with one attached hydrogen (secondary N) is 1. The highest BCUT2D eigenvalue weighted by Crippen LogP contribution is 2.45. The number of benzene rings is 2. The van der Waals surface area contributed by atoms with Gasteiger partial charge in [-0.25, -0.2) is 4.98 Å². The molecule has 3 aromatic rings. The number of aryl methyl sites for hydroxylation is 1. The van der Waals surface area contributed by atoms with Gasteiger partial charge in [0.15, 0.2) is 0 Å². The molecule has 4 rings (SSSR count). The van der Waals surface area contributed by atoms with Crippen molar-refractivity contribution in [2.45, 2.75) is 53.0 Å². The zero-order chi connectivity index (χ0) is 18.3. The summed E-state index contributed by atoms with van der Waals surface area (Å²) in [6, 6.07) is 17.5. The molecule has 136 valence electrons. The van der Waals surface area contributed by atoms with Crippen LogP contribution in [-0.4, -0.2) is 9.55 Å². The number of nitrogens with zero attached hydrogens (tertiary/aromatic N) is 2. The monoisotopic (exact) mass is 347 g/mol. The second kappa shape index (κ2) is 6.46. The lowest BCUT2D eigenvalue weighted by Crippen LogP contribution is -2.29. The zero-order valence-corrected chi connectivity index (χ0v) is 16.3. The number of rotatable bonds is 3. The normalized spacial score (nSPS) is 22.5. The molecule has 1 heterocycles. The van der Waals surface area contributed by atoms with Gasteiger partial charge in [-0.05, 0) is 61.8 Å². The van der Waals surface area contributed by atoms with E-state index in [1.165, 1.54) is 30.3 Å². The molecule has 1 aromatic heterocycles. The highest BCUT2D eigenvalue weighted by Gasteiger charge is 2.34. The Labute approximate surface area is 156 Å². The van der Waals surface area contributed by atoms with Crippen LogP contribution in [0.25, 0.3) is 11.0 Å². The summed E-state index contributed by atoms with van der Waals surface area (Å²) in [6.45, 7) is 9.31. The first-order valence-corrected chi connectivity index (χ1v) is 9.72. The van der Waals surface area contributed by atoms with Gasteiger partial charge in [-0.1, -0.05) is 50.6 Å². The molecular formula is C23H29N3. The van der Waals surface area contributed by atoms with Gasteiger partial charge in [0, 0.05) is 11.7 Å². The summed E-state index contributed by atoms with van der Waals surface area (Å²) < 4.78 is 2.45. The molecule has 3 heteroatoms. The standard InChI is InChI=1S/C23H29N3/c1-16-9-11-18(12-10-16)24-22-25-20-7-5-6-8-21(20)26(22)19-13-17(2)14-23(3,4)15-19/h5-12,17,19H,13-15H2,1-4H3,(H,24,25)/t17-,19-/m0/s1. The van der Waals surface area contributed by atoms with Crippen LogP contribution in [0.5, 0.6) is 0 Å². The average molecular weight is 348 g/mol. The molecule has 26 heavy (non-hydrogen) atoms. The van der Waals surface area contributed by atoms with Crippen molar-refractivity contribution in [1.29, 1.82) is 0 Å². The molecule has 1 fully saturated rings. The van der Waals surface area contributed by atoms with Gasteiger partial charge in [0.25, 0.3) is 0 Å². The van der Waals surface area contributed by atoms with Crippen molar-refractivity contribution in [3.8, 4) is 0 Å². The number of hydrogen-bond donors (Lipinski definition) is 1. The minimum absolute atomic E-state index is 0.370. The van der Waals surface area contributed by atoms with E-state index in [2.05, 4.69) is 86.1 Å². The first-order valence-electron chi connectivity index (χ1n) is 9.72. The fourth-order valence-electron chi connectivity index (χ4n) is 4.76. The lowest BCUT2D eigenvalue weighted by molar-refractivity contribution is 0.140. The number of fused-ring (bicyclic) bond motifs is 1. The quantitative estimate of drug-likeness (QED) is 0.588. The Kier molecular flexibility index (Phi) is 4.26. The summed E-state index contributed by atoms with van der Waals surface area (Å²) in [6.07, 6.45) is 3.71. The predicted molar refractivity (Wildman–Crippen MR) is 110 cm³/mol. The van der Waals surface area contributed by atoms with Crippen LogP contribution in [0.2, 0.25) is 0 Å². The highest BCUT2D eigenvalue weighted by atomic mass is 15.2. The van der Waals surface area contributed by atoms with Gasteiger partial charge < -0.3 is 9.88 Å². The maximum Gasteiger partial charge on any atom is 0.208 e. The summed E-state index contributed by atoms with van der Waals surface area (Å²) >= 11 is 0. The fourth-order valence-corrected chi connectivity index (χ4v) is 4.76. The molecule has 1 aliphatic carbocycles. The lowest BCUT2D eigenvalue weighted by atomic mass is 9.70. The van der Waals surface area contributed by atoms with E-state index in [9.17, 15) is 0 Å². The molecule has 0 spiro atoms. The summed E-state index contributed by atoms with van der Waals surface area (Å²) in [7, 11) is 0. The zero-order valence-electron chi connectivity index (χ0n) is 16.3. The SMILES string of the molecule is Cc1ccc(Nc2nc3ccccc3n2[C@H]2C[C@H](C)CC(C)(C)C2)cc1. The van der Waals surface area contributed by atoms with Crippen molar-refractivity contribution >= 4 is 22.7 Å². The van der Waals surface area contributed by atoms with Crippen LogP contribution >= 0.6 is 0 Å².